The van der Waals surface area contributed by atoms with Crippen molar-refractivity contribution in [1.82, 2.24) is 0 Å². The van der Waals surface area contributed by atoms with Gasteiger partial charge in [0.15, 0.2) is 5.71 Å². The molecule has 1 amide bonds. The fourth-order valence-corrected chi connectivity index (χ4v) is 4.46. The van der Waals surface area contributed by atoms with E-state index in [1.165, 1.54) is 0 Å². The molecular weight excluding hydrogens is 466 g/mol. The number of carbonyl (C=O) groups is 1. The number of benzene rings is 4. The fourth-order valence-electron chi connectivity index (χ4n) is 4.28. The van der Waals surface area contributed by atoms with Crippen LogP contribution >= 0.6 is 11.6 Å². The first-order valence-corrected chi connectivity index (χ1v) is 12.2. The third-order valence-electron chi connectivity index (χ3n) is 6.05. The summed E-state index contributed by atoms with van der Waals surface area (Å²) >= 11 is 6.26. The highest BCUT2D eigenvalue weighted by Gasteiger charge is 2.33. The van der Waals surface area contributed by atoms with Crippen molar-refractivity contribution in [2.45, 2.75) is 6.92 Å². The van der Waals surface area contributed by atoms with E-state index in [0.717, 1.165) is 28.0 Å². The van der Waals surface area contributed by atoms with Crippen LogP contribution in [0.15, 0.2) is 125 Å². The Morgan fingerprint density at radius 2 is 1.36 bits per heavy atom. The van der Waals surface area contributed by atoms with Crippen LogP contribution in [-0.2, 0) is 4.79 Å². The fraction of sp³-hybridized carbons (Fsp3) is 0.0645. The van der Waals surface area contributed by atoms with Gasteiger partial charge in [0.25, 0.3) is 5.91 Å². The highest BCUT2D eigenvalue weighted by molar-refractivity contribution is 6.54. The van der Waals surface area contributed by atoms with Crippen LogP contribution in [0.25, 0.3) is 5.57 Å². The maximum Gasteiger partial charge on any atom is 0.279 e. The molecule has 0 saturated carbocycles. The predicted molar refractivity (Wildman–Crippen MR) is 149 cm³/mol. The normalized spacial score (nSPS) is 14.2. The molecule has 1 heterocycles. The van der Waals surface area contributed by atoms with Crippen molar-refractivity contribution in [3.8, 4) is 0 Å². The summed E-state index contributed by atoms with van der Waals surface area (Å²) in [5.74, 6) is -0.179. The van der Waals surface area contributed by atoms with E-state index >= 15 is 0 Å². The van der Waals surface area contributed by atoms with E-state index in [4.69, 9.17) is 11.6 Å². The van der Waals surface area contributed by atoms with E-state index in [1.807, 2.05) is 85.8 Å². The minimum atomic E-state index is -0.179. The number of anilines is 1. The zero-order valence-electron chi connectivity index (χ0n) is 19.8. The lowest BCUT2D eigenvalue weighted by atomic mass is 9.95. The van der Waals surface area contributed by atoms with E-state index in [1.54, 1.807) is 17.0 Å². The van der Waals surface area contributed by atoms with Gasteiger partial charge in [0.1, 0.15) is 0 Å². The molecule has 176 valence electrons. The minimum Gasteiger partial charge on any atom is -0.307 e. The van der Waals surface area contributed by atoms with Gasteiger partial charge in [-0.05, 0) is 47.9 Å². The summed E-state index contributed by atoms with van der Waals surface area (Å²) in [7, 11) is 0. The maximum atomic E-state index is 13.2. The Balaban J connectivity index is 1.69. The van der Waals surface area contributed by atoms with E-state index in [0.29, 0.717) is 22.8 Å². The molecule has 0 unspecified atom stereocenters. The van der Waals surface area contributed by atoms with E-state index in [2.05, 4.69) is 34.5 Å². The molecule has 0 N–H and O–H groups in total. The van der Waals surface area contributed by atoms with Gasteiger partial charge in [-0.1, -0.05) is 103 Å². The van der Waals surface area contributed by atoms with Crippen LogP contribution in [0.3, 0.4) is 0 Å². The lowest BCUT2D eigenvalue weighted by molar-refractivity contribution is -0.112. The average Bonchev–Trinajstić information content (AvgIpc) is 3.19. The molecule has 36 heavy (non-hydrogen) atoms. The number of hydrogen-bond donors (Lipinski definition) is 0. The van der Waals surface area contributed by atoms with E-state index in [9.17, 15) is 4.79 Å². The summed E-state index contributed by atoms with van der Waals surface area (Å²) in [6, 6.07) is 35.6. The first-order valence-electron chi connectivity index (χ1n) is 11.8. The molecule has 0 atom stereocenters. The molecule has 5 rings (SSSR count). The second kappa shape index (κ2) is 10.5. The highest BCUT2D eigenvalue weighted by atomic mass is 35.5. The summed E-state index contributed by atoms with van der Waals surface area (Å²) in [4.78, 5) is 14.9. The standard InChI is InChI=1S/C31H24ClN3O/c1-2-35-29-19-18-25(32)20-27(29)30(31(35)36)34-33-28(24-16-10-5-11-17-24)21-26(22-12-6-3-7-13-22)23-14-8-4-9-15-23/h3-21H,2H2,1H3/b33-28-,34-30-. The van der Waals surface area contributed by atoms with Crippen LogP contribution in [0.1, 0.15) is 29.2 Å². The molecule has 4 nitrogen and oxygen atoms in total. The van der Waals surface area contributed by atoms with Gasteiger partial charge in [0.2, 0.25) is 0 Å². The molecule has 0 aromatic heterocycles. The molecule has 4 aromatic carbocycles. The number of allylic oxidation sites excluding steroid dienone is 1. The number of hydrogen-bond acceptors (Lipinski definition) is 3. The number of amides is 1. The van der Waals surface area contributed by atoms with Crippen molar-refractivity contribution in [2.75, 3.05) is 11.4 Å². The Hall–Kier alpha value is -4.28. The third kappa shape index (κ3) is 4.77. The number of likely N-dealkylation sites (N-methyl/N-ethyl adjacent to an activating group) is 1. The molecule has 5 heteroatoms. The van der Waals surface area contributed by atoms with Crippen LogP contribution in [0.5, 0.6) is 0 Å². The van der Waals surface area contributed by atoms with Crippen LogP contribution in [-0.4, -0.2) is 23.9 Å². The van der Waals surface area contributed by atoms with Crippen LogP contribution in [0.2, 0.25) is 5.02 Å². The number of halogens is 1. The van der Waals surface area contributed by atoms with Gasteiger partial charge in [0, 0.05) is 22.7 Å². The van der Waals surface area contributed by atoms with E-state index < -0.39 is 0 Å². The molecule has 1 aliphatic heterocycles. The lowest BCUT2D eigenvalue weighted by Gasteiger charge is -2.13. The van der Waals surface area contributed by atoms with Gasteiger partial charge < -0.3 is 4.90 Å². The topological polar surface area (TPSA) is 45.0 Å². The molecule has 0 fully saturated rings. The van der Waals surface area contributed by atoms with Crippen LogP contribution in [0.4, 0.5) is 5.69 Å². The molecule has 0 saturated heterocycles. The summed E-state index contributed by atoms with van der Waals surface area (Å²) in [6.07, 6.45) is 2.03. The molecule has 0 radical (unpaired) electrons. The highest BCUT2D eigenvalue weighted by Crippen LogP contribution is 2.32. The Morgan fingerprint density at radius 3 is 1.92 bits per heavy atom. The van der Waals surface area contributed by atoms with Gasteiger partial charge in [0.05, 0.1) is 11.4 Å². The molecule has 0 bridgehead atoms. The van der Waals surface area contributed by atoms with Gasteiger partial charge in [-0.3, -0.25) is 4.79 Å². The number of rotatable bonds is 6. The number of fused-ring (bicyclic) bond motifs is 1. The van der Waals surface area contributed by atoms with Gasteiger partial charge in [-0.25, -0.2) is 0 Å². The summed E-state index contributed by atoms with van der Waals surface area (Å²) in [6.45, 7) is 2.47. The minimum absolute atomic E-state index is 0.179. The van der Waals surface area contributed by atoms with Crippen molar-refractivity contribution in [3.63, 3.8) is 0 Å². The van der Waals surface area contributed by atoms with Crippen LogP contribution < -0.4 is 4.90 Å². The molecule has 1 aliphatic rings. The summed E-state index contributed by atoms with van der Waals surface area (Å²) in [5, 5.41) is 9.72. The van der Waals surface area contributed by atoms with Crippen molar-refractivity contribution < 1.29 is 4.79 Å². The maximum absolute atomic E-state index is 13.2. The second-order valence-electron chi connectivity index (χ2n) is 8.30. The molecular formula is C31H24ClN3O. The predicted octanol–water partition coefficient (Wildman–Crippen LogP) is 7.03. The van der Waals surface area contributed by atoms with Crippen molar-refractivity contribution in [3.05, 3.63) is 143 Å². The zero-order valence-corrected chi connectivity index (χ0v) is 20.6. The van der Waals surface area contributed by atoms with E-state index in [-0.39, 0.29) is 11.6 Å². The van der Waals surface area contributed by atoms with Gasteiger partial charge in [-0.2, -0.15) is 0 Å². The third-order valence-corrected chi connectivity index (χ3v) is 6.28. The summed E-state index contributed by atoms with van der Waals surface area (Å²) < 4.78 is 0. The Morgan fingerprint density at radius 1 is 0.806 bits per heavy atom. The number of nitrogens with zero attached hydrogens (tertiary/aromatic N) is 3. The van der Waals surface area contributed by atoms with Crippen molar-refractivity contribution in [2.24, 2.45) is 10.2 Å². The molecule has 0 aliphatic carbocycles. The Bertz CT molecular complexity index is 1440. The first kappa shape index (κ1) is 23.5. The Labute approximate surface area is 215 Å². The van der Waals surface area contributed by atoms with Crippen molar-refractivity contribution >= 4 is 40.2 Å². The largest absolute Gasteiger partial charge is 0.307 e. The van der Waals surface area contributed by atoms with Crippen molar-refractivity contribution in [1.29, 1.82) is 0 Å². The molecule has 4 aromatic rings. The summed E-state index contributed by atoms with van der Waals surface area (Å²) in [5.41, 5.74) is 6.46. The zero-order chi connectivity index (χ0) is 24.9. The molecule has 0 spiro atoms. The SMILES string of the molecule is CCN1C(=O)/C(=N\N=C(\C=C(c2ccccc2)c2ccccc2)c2ccccc2)c2cc(Cl)ccc21. The quantitative estimate of drug-likeness (QED) is 0.212. The second-order valence-corrected chi connectivity index (χ2v) is 8.74. The smallest absolute Gasteiger partial charge is 0.279 e. The first-order chi connectivity index (χ1) is 17.7. The Kier molecular flexibility index (Phi) is 6.87. The average molecular weight is 490 g/mol. The van der Waals surface area contributed by atoms with Gasteiger partial charge in [-0.15, -0.1) is 10.2 Å². The van der Waals surface area contributed by atoms with Gasteiger partial charge >= 0.3 is 0 Å². The monoisotopic (exact) mass is 489 g/mol. The van der Waals surface area contributed by atoms with Crippen LogP contribution in [0, 0.1) is 0 Å². The lowest BCUT2D eigenvalue weighted by Crippen LogP contribution is -2.29. The number of carbonyl (C=O) groups excluding carboxylic acids is 1.